The van der Waals surface area contributed by atoms with E-state index in [-0.39, 0.29) is 0 Å². The molecule has 0 spiro atoms. The van der Waals surface area contributed by atoms with Gasteiger partial charge in [-0.15, -0.1) is 0 Å². The fraction of sp³-hybridized carbons (Fsp3) is 0.333. The maximum absolute atomic E-state index is 10.6. The van der Waals surface area contributed by atoms with Crippen molar-refractivity contribution >= 4 is 12.2 Å². The van der Waals surface area contributed by atoms with Gasteiger partial charge in [0.25, 0.3) is 0 Å². The van der Waals surface area contributed by atoms with Crippen LogP contribution >= 0.6 is 0 Å². The molecular formula is C21H27N3O4. The predicted octanol–water partition coefficient (Wildman–Crippen LogP) is 3.59. The van der Waals surface area contributed by atoms with Crippen LogP contribution in [0.2, 0.25) is 0 Å². The van der Waals surface area contributed by atoms with Crippen molar-refractivity contribution in [3.05, 3.63) is 53.1 Å². The van der Waals surface area contributed by atoms with E-state index in [9.17, 15) is 4.79 Å². The van der Waals surface area contributed by atoms with Crippen molar-refractivity contribution in [1.82, 2.24) is 5.43 Å². The lowest BCUT2D eigenvalue weighted by atomic mass is 10.0. The number of nitrogens with one attached hydrogen (secondary N) is 1. The summed E-state index contributed by atoms with van der Waals surface area (Å²) < 4.78 is 17.1. The van der Waals surface area contributed by atoms with Crippen LogP contribution in [0.15, 0.2) is 41.5 Å². The van der Waals surface area contributed by atoms with Crippen LogP contribution in [0, 0.1) is 6.92 Å². The summed E-state index contributed by atoms with van der Waals surface area (Å²) in [5.41, 5.74) is 10.2. The molecule has 0 aliphatic rings. The van der Waals surface area contributed by atoms with Crippen LogP contribution in [0.1, 0.15) is 36.5 Å². The van der Waals surface area contributed by atoms with Crippen molar-refractivity contribution in [3.63, 3.8) is 0 Å². The molecule has 0 unspecified atom stereocenters. The number of ether oxygens (including phenoxy) is 3. The Hall–Kier alpha value is -3.22. The van der Waals surface area contributed by atoms with Gasteiger partial charge < -0.3 is 19.9 Å². The first kappa shape index (κ1) is 21.1. The molecule has 3 N–H and O–H groups in total. The molecule has 2 rings (SSSR count). The smallest absolute Gasteiger partial charge is 0.332 e. The van der Waals surface area contributed by atoms with Gasteiger partial charge in [0.15, 0.2) is 11.5 Å². The van der Waals surface area contributed by atoms with Gasteiger partial charge in [0, 0.05) is 0 Å². The van der Waals surface area contributed by atoms with Crippen LogP contribution in [0.3, 0.4) is 0 Å². The highest BCUT2D eigenvalue weighted by Gasteiger charge is 2.09. The predicted molar refractivity (Wildman–Crippen MR) is 110 cm³/mol. The molecule has 7 nitrogen and oxygen atoms in total. The van der Waals surface area contributed by atoms with Gasteiger partial charge in [-0.25, -0.2) is 10.2 Å². The van der Waals surface area contributed by atoms with Crippen LogP contribution < -0.4 is 25.4 Å². The second-order valence-corrected chi connectivity index (χ2v) is 6.54. The zero-order valence-electron chi connectivity index (χ0n) is 16.7. The first-order valence-electron chi connectivity index (χ1n) is 9.03. The van der Waals surface area contributed by atoms with Gasteiger partial charge in [0.05, 0.1) is 13.3 Å². The number of carbonyl (C=O) groups excluding carboxylic acids is 1. The summed E-state index contributed by atoms with van der Waals surface area (Å²) in [5, 5.41) is 3.72. The third kappa shape index (κ3) is 6.19. The largest absolute Gasteiger partial charge is 0.493 e. The molecule has 0 aliphatic heterocycles. The molecule has 0 aliphatic carbocycles. The van der Waals surface area contributed by atoms with Crippen molar-refractivity contribution in [2.45, 2.75) is 26.7 Å². The lowest BCUT2D eigenvalue weighted by Gasteiger charge is -2.16. The first-order valence-corrected chi connectivity index (χ1v) is 9.03. The number of aryl methyl sites for hydroxylation is 1. The number of primary amides is 1. The molecule has 2 aromatic rings. The standard InChI is InChI=1S/C21H27N3O4/c1-14(2)17-7-5-15(3)11-19(17)28-10-9-27-18-8-6-16(12-20(18)26-4)13-23-24-21(22)25/h5-8,11-14H,9-10H2,1-4H3,(H3,22,24,25). The van der Waals surface area contributed by atoms with Gasteiger partial charge in [-0.1, -0.05) is 26.0 Å². The minimum absolute atomic E-state index is 0.374. The Labute approximate surface area is 165 Å². The number of nitrogens with two attached hydrogens (primary N) is 1. The lowest BCUT2D eigenvalue weighted by Crippen LogP contribution is -2.24. The van der Waals surface area contributed by atoms with Crippen LogP contribution in [-0.2, 0) is 0 Å². The highest BCUT2D eigenvalue weighted by molar-refractivity contribution is 5.82. The zero-order chi connectivity index (χ0) is 20.5. The molecule has 0 saturated carbocycles. The van der Waals surface area contributed by atoms with Crippen LogP contribution in [0.4, 0.5) is 4.79 Å². The average Bonchev–Trinajstić information content (AvgIpc) is 2.65. The van der Waals surface area contributed by atoms with E-state index in [1.165, 1.54) is 11.8 Å². The number of hydrazone groups is 1. The summed E-state index contributed by atoms with van der Waals surface area (Å²) in [4.78, 5) is 10.6. The van der Waals surface area contributed by atoms with E-state index in [0.717, 1.165) is 16.9 Å². The van der Waals surface area contributed by atoms with Gasteiger partial charge >= 0.3 is 6.03 Å². The van der Waals surface area contributed by atoms with Gasteiger partial charge in [-0.2, -0.15) is 5.10 Å². The summed E-state index contributed by atoms with van der Waals surface area (Å²) in [7, 11) is 1.56. The molecule has 0 atom stereocenters. The van der Waals surface area contributed by atoms with E-state index in [1.54, 1.807) is 25.3 Å². The van der Waals surface area contributed by atoms with E-state index in [1.807, 2.05) is 13.0 Å². The van der Waals surface area contributed by atoms with E-state index < -0.39 is 6.03 Å². The minimum Gasteiger partial charge on any atom is -0.493 e. The van der Waals surface area contributed by atoms with Crippen molar-refractivity contribution in [2.75, 3.05) is 20.3 Å². The number of methoxy groups -OCH3 is 1. The molecule has 0 aromatic heterocycles. The molecule has 150 valence electrons. The molecule has 0 radical (unpaired) electrons. The van der Waals surface area contributed by atoms with Gasteiger partial charge in [-0.05, 0) is 53.8 Å². The monoisotopic (exact) mass is 385 g/mol. The Balaban J connectivity index is 1.95. The van der Waals surface area contributed by atoms with Crippen LogP contribution in [-0.4, -0.2) is 32.6 Å². The number of benzene rings is 2. The van der Waals surface area contributed by atoms with E-state index in [4.69, 9.17) is 19.9 Å². The third-order valence-corrected chi connectivity index (χ3v) is 3.97. The van der Waals surface area contributed by atoms with Crippen molar-refractivity contribution in [3.8, 4) is 17.2 Å². The SMILES string of the molecule is COc1cc(C=NNC(N)=O)ccc1OCCOc1cc(C)ccc1C(C)C. The van der Waals surface area contributed by atoms with Gasteiger partial charge in [-0.3, -0.25) is 0 Å². The molecule has 2 amide bonds. The fourth-order valence-corrected chi connectivity index (χ4v) is 2.60. The second-order valence-electron chi connectivity index (χ2n) is 6.54. The topological polar surface area (TPSA) is 95.2 Å². The highest BCUT2D eigenvalue weighted by Crippen LogP contribution is 2.29. The molecule has 0 fully saturated rings. The number of nitrogens with zero attached hydrogens (tertiary/aromatic N) is 1. The number of hydrogen-bond donors (Lipinski definition) is 2. The van der Waals surface area contributed by atoms with Crippen molar-refractivity contribution in [2.24, 2.45) is 10.8 Å². The highest BCUT2D eigenvalue weighted by atomic mass is 16.5. The molecule has 0 bridgehead atoms. The summed E-state index contributed by atoms with van der Waals surface area (Å²) in [6, 6.07) is 10.8. The van der Waals surface area contributed by atoms with Crippen molar-refractivity contribution in [1.29, 1.82) is 0 Å². The summed E-state index contributed by atoms with van der Waals surface area (Å²) in [6.07, 6.45) is 1.46. The average molecular weight is 385 g/mol. The number of amides is 2. The lowest BCUT2D eigenvalue weighted by molar-refractivity contribution is 0.210. The van der Waals surface area contributed by atoms with Crippen LogP contribution in [0.25, 0.3) is 0 Å². The van der Waals surface area contributed by atoms with E-state index in [0.29, 0.717) is 30.6 Å². The fourth-order valence-electron chi connectivity index (χ4n) is 2.60. The third-order valence-electron chi connectivity index (χ3n) is 3.97. The van der Waals surface area contributed by atoms with Gasteiger partial charge in [0.2, 0.25) is 0 Å². The molecule has 0 heterocycles. The van der Waals surface area contributed by atoms with E-state index >= 15 is 0 Å². The maximum Gasteiger partial charge on any atom is 0.332 e. The second kappa shape index (κ2) is 10.2. The first-order chi connectivity index (χ1) is 13.4. The maximum atomic E-state index is 10.6. The summed E-state index contributed by atoms with van der Waals surface area (Å²) in [5.74, 6) is 2.43. The van der Waals surface area contributed by atoms with E-state index in [2.05, 4.69) is 36.5 Å². The summed E-state index contributed by atoms with van der Waals surface area (Å²) >= 11 is 0. The van der Waals surface area contributed by atoms with Crippen molar-refractivity contribution < 1.29 is 19.0 Å². The Morgan fingerprint density at radius 1 is 1.11 bits per heavy atom. The van der Waals surface area contributed by atoms with Gasteiger partial charge in [0.1, 0.15) is 19.0 Å². The Kier molecular flexibility index (Phi) is 7.68. The number of rotatable bonds is 9. The Morgan fingerprint density at radius 3 is 2.46 bits per heavy atom. The quantitative estimate of drug-likeness (QED) is 0.392. The molecule has 28 heavy (non-hydrogen) atoms. The van der Waals surface area contributed by atoms with Crippen LogP contribution in [0.5, 0.6) is 17.2 Å². The Morgan fingerprint density at radius 2 is 1.82 bits per heavy atom. The zero-order valence-corrected chi connectivity index (χ0v) is 16.7. The summed E-state index contributed by atoms with van der Waals surface area (Å²) in [6.45, 7) is 7.12. The minimum atomic E-state index is -0.725. The number of hydrogen-bond acceptors (Lipinski definition) is 5. The normalized spacial score (nSPS) is 10.9. The molecule has 7 heteroatoms. The molecule has 0 saturated heterocycles. The number of carbonyl (C=O) groups is 1. The Bertz CT molecular complexity index is 834. The molecular weight excluding hydrogens is 358 g/mol. The number of urea groups is 1. The molecule has 2 aromatic carbocycles.